The van der Waals surface area contributed by atoms with E-state index in [4.69, 9.17) is 10.8 Å². The number of nitrogens with one attached hydrogen (secondary N) is 3. The van der Waals surface area contributed by atoms with Crippen LogP contribution in [-0.2, 0) is 19.2 Å². The van der Waals surface area contributed by atoms with Crippen molar-refractivity contribution in [1.82, 2.24) is 16.0 Å². The fourth-order valence-corrected chi connectivity index (χ4v) is 2.43. The number of carboxylic acid groups (broad SMARTS) is 1. The smallest absolute Gasteiger partial charge is 0.326 e. The number of carbonyl (C=O) groups is 4. The second-order valence-corrected chi connectivity index (χ2v) is 6.58. The highest BCUT2D eigenvalue weighted by molar-refractivity contribution is 7.98. The molecule has 0 aromatic carbocycles. The average molecular weight is 376 g/mol. The molecule has 3 amide bonds. The largest absolute Gasteiger partial charge is 0.480 e. The Labute approximate surface area is 151 Å². The number of carboxylic acids is 1. The van der Waals surface area contributed by atoms with Crippen LogP contribution in [0.5, 0.6) is 0 Å². The van der Waals surface area contributed by atoms with Crippen LogP contribution < -0.4 is 21.7 Å². The first-order valence-electron chi connectivity index (χ1n) is 8.04. The molecule has 0 saturated carbocycles. The second kappa shape index (κ2) is 12.5. The fraction of sp³-hybridized carbons (Fsp3) is 0.733. The molecule has 0 rings (SSSR count). The summed E-state index contributed by atoms with van der Waals surface area (Å²) in [6.07, 6.45) is 2.85. The Bertz CT molecular complexity index is 475. The highest BCUT2D eigenvalue weighted by Gasteiger charge is 2.26. The van der Waals surface area contributed by atoms with Crippen LogP contribution in [0.1, 0.15) is 26.7 Å². The van der Waals surface area contributed by atoms with Crippen molar-refractivity contribution in [3.05, 3.63) is 0 Å². The van der Waals surface area contributed by atoms with Gasteiger partial charge < -0.3 is 26.8 Å². The van der Waals surface area contributed by atoms with Gasteiger partial charge in [0, 0.05) is 0 Å². The summed E-state index contributed by atoms with van der Waals surface area (Å²) in [5, 5.41) is 16.5. The maximum atomic E-state index is 12.1. The van der Waals surface area contributed by atoms with Crippen LogP contribution in [0.15, 0.2) is 0 Å². The number of nitrogens with two attached hydrogens (primary N) is 1. The van der Waals surface area contributed by atoms with E-state index in [-0.39, 0.29) is 19.0 Å². The summed E-state index contributed by atoms with van der Waals surface area (Å²) in [5.74, 6) is -2.30. The molecular weight excluding hydrogens is 348 g/mol. The normalized spacial score (nSPS) is 14.1. The minimum absolute atomic E-state index is 0.237. The van der Waals surface area contributed by atoms with E-state index in [1.165, 1.54) is 11.8 Å². The monoisotopic (exact) mass is 376 g/mol. The third kappa shape index (κ3) is 9.30. The fourth-order valence-electron chi connectivity index (χ4n) is 1.96. The number of thioether (sulfide) groups is 1. The minimum atomic E-state index is -1.12. The first-order valence-corrected chi connectivity index (χ1v) is 9.44. The first kappa shape index (κ1) is 23.2. The summed E-state index contributed by atoms with van der Waals surface area (Å²) in [4.78, 5) is 46.6. The van der Waals surface area contributed by atoms with Crippen molar-refractivity contribution in [1.29, 1.82) is 0 Å². The molecule has 3 atom stereocenters. The van der Waals surface area contributed by atoms with Crippen molar-refractivity contribution in [3.63, 3.8) is 0 Å². The molecule has 0 saturated heterocycles. The van der Waals surface area contributed by atoms with Gasteiger partial charge in [-0.15, -0.1) is 0 Å². The molecule has 0 aliphatic heterocycles. The van der Waals surface area contributed by atoms with E-state index in [0.717, 1.165) is 0 Å². The summed E-state index contributed by atoms with van der Waals surface area (Å²) in [6.45, 7) is 2.94. The summed E-state index contributed by atoms with van der Waals surface area (Å²) in [5.41, 5.74) is 5.23. The van der Waals surface area contributed by atoms with Crippen LogP contribution in [0.4, 0.5) is 0 Å². The van der Waals surface area contributed by atoms with Gasteiger partial charge in [0.2, 0.25) is 17.7 Å². The summed E-state index contributed by atoms with van der Waals surface area (Å²) in [6, 6.07) is -1.81. The number of rotatable bonds is 12. The highest BCUT2D eigenvalue weighted by atomic mass is 32.2. The van der Waals surface area contributed by atoms with Gasteiger partial charge in [0.15, 0.2) is 0 Å². The Kier molecular flexibility index (Phi) is 11.6. The van der Waals surface area contributed by atoms with Crippen molar-refractivity contribution >= 4 is 35.5 Å². The Hall–Kier alpha value is -1.81. The van der Waals surface area contributed by atoms with E-state index < -0.39 is 35.8 Å². The number of hydrogen-bond acceptors (Lipinski definition) is 6. The number of carbonyl (C=O) groups excluding carboxylic acids is 3. The van der Waals surface area contributed by atoms with Gasteiger partial charge in [0.25, 0.3) is 0 Å². The minimum Gasteiger partial charge on any atom is -0.480 e. The van der Waals surface area contributed by atoms with E-state index in [9.17, 15) is 19.2 Å². The number of amides is 3. The van der Waals surface area contributed by atoms with E-state index in [0.29, 0.717) is 18.6 Å². The Morgan fingerprint density at radius 1 is 1.16 bits per heavy atom. The zero-order valence-corrected chi connectivity index (χ0v) is 15.6. The maximum Gasteiger partial charge on any atom is 0.326 e. The zero-order chi connectivity index (χ0) is 19.4. The topological polar surface area (TPSA) is 151 Å². The van der Waals surface area contributed by atoms with Gasteiger partial charge in [-0.2, -0.15) is 11.8 Å². The molecule has 0 aromatic heterocycles. The molecule has 144 valence electrons. The standard InChI is InChI=1S/C15H28N4O5S/c1-4-9(2)13(15(23)24)19-12(21)8-17-14(22)10(5-6-25-3)18-11(20)7-16/h9-10,13H,4-8,16H2,1-3H3,(H,17,22)(H,18,20)(H,19,21)(H,23,24). The molecular formula is C15H28N4O5S. The van der Waals surface area contributed by atoms with Crippen molar-refractivity contribution in [2.45, 2.75) is 38.8 Å². The second-order valence-electron chi connectivity index (χ2n) is 5.59. The predicted octanol–water partition coefficient (Wildman–Crippen LogP) is -1.09. The molecule has 6 N–H and O–H groups in total. The van der Waals surface area contributed by atoms with Gasteiger partial charge in [0.05, 0.1) is 13.1 Å². The van der Waals surface area contributed by atoms with Crippen LogP contribution in [0, 0.1) is 5.92 Å². The van der Waals surface area contributed by atoms with E-state index in [1.807, 2.05) is 13.2 Å². The lowest BCUT2D eigenvalue weighted by Gasteiger charge is -2.21. The van der Waals surface area contributed by atoms with Crippen LogP contribution in [0.3, 0.4) is 0 Å². The van der Waals surface area contributed by atoms with Crippen LogP contribution in [0.2, 0.25) is 0 Å². The third-order valence-electron chi connectivity index (χ3n) is 3.67. The SMILES string of the molecule is CCC(C)C(NC(=O)CNC(=O)C(CCSC)NC(=O)CN)C(=O)O. The lowest BCUT2D eigenvalue weighted by atomic mass is 9.99. The van der Waals surface area contributed by atoms with Crippen LogP contribution >= 0.6 is 11.8 Å². The zero-order valence-electron chi connectivity index (χ0n) is 14.8. The molecule has 0 fully saturated rings. The highest BCUT2D eigenvalue weighted by Crippen LogP contribution is 2.07. The quantitative estimate of drug-likeness (QED) is 0.290. The lowest BCUT2D eigenvalue weighted by molar-refractivity contribution is -0.143. The van der Waals surface area contributed by atoms with Gasteiger partial charge >= 0.3 is 5.97 Å². The molecule has 3 unspecified atom stereocenters. The van der Waals surface area contributed by atoms with E-state index >= 15 is 0 Å². The van der Waals surface area contributed by atoms with Crippen LogP contribution in [0.25, 0.3) is 0 Å². The summed E-state index contributed by atoms with van der Waals surface area (Å²) in [7, 11) is 0. The number of aliphatic carboxylic acids is 1. The van der Waals surface area contributed by atoms with Crippen molar-refractivity contribution in [3.8, 4) is 0 Å². The Morgan fingerprint density at radius 3 is 2.28 bits per heavy atom. The molecule has 0 radical (unpaired) electrons. The van der Waals surface area contributed by atoms with Gasteiger partial charge in [-0.05, 0) is 24.3 Å². The molecule has 0 aliphatic carbocycles. The molecule has 9 nitrogen and oxygen atoms in total. The molecule has 0 bridgehead atoms. The van der Waals surface area contributed by atoms with Gasteiger partial charge in [-0.25, -0.2) is 4.79 Å². The average Bonchev–Trinajstić information content (AvgIpc) is 2.59. The van der Waals surface area contributed by atoms with Crippen molar-refractivity contribution in [2.75, 3.05) is 25.1 Å². The van der Waals surface area contributed by atoms with E-state index in [2.05, 4.69) is 16.0 Å². The summed E-state index contributed by atoms with van der Waals surface area (Å²) < 4.78 is 0. The summed E-state index contributed by atoms with van der Waals surface area (Å²) >= 11 is 1.52. The molecule has 0 aliphatic rings. The van der Waals surface area contributed by atoms with Crippen LogP contribution in [-0.4, -0.2) is 66.0 Å². The van der Waals surface area contributed by atoms with Gasteiger partial charge in [-0.1, -0.05) is 20.3 Å². The molecule has 0 spiro atoms. The van der Waals surface area contributed by atoms with E-state index in [1.54, 1.807) is 6.92 Å². The maximum absolute atomic E-state index is 12.1. The van der Waals surface area contributed by atoms with Gasteiger partial charge in [-0.3, -0.25) is 14.4 Å². The van der Waals surface area contributed by atoms with Crippen molar-refractivity contribution < 1.29 is 24.3 Å². The molecule has 25 heavy (non-hydrogen) atoms. The first-order chi connectivity index (χ1) is 11.8. The molecule has 0 heterocycles. The Balaban J connectivity index is 4.62. The Morgan fingerprint density at radius 2 is 1.80 bits per heavy atom. The molecule has 10 heteroatoms. The van der Waals surface area contributed by atoms with Gasteiger partial charge in [0.1, 0.15) is 12.1 Å². The third-order valence-corrected chi connectivity index (χ3v) is 4.31. The van der Waals surface area contributed by atoms with Crippen molar-refractivity contribution in [2.24, 2.45) is 11.7 Å². The lowest BCUT2D eigenvalue weighted by Crippen LogP contribution is -2.52. The predicted molar refractivity (Wildman–Crippen MR) is 96.0 cm³/mol. The molecule has 0 aromatic rings. The number of hydrogen-bond donors (Lipinski definition) is 5.